The smallest absolute Gasteiger partial charge is 0.0982 e. The third kappa shape index (κ3) is 4.06. The standard InChI is InChI=1S/C13H21N3O/c1-11(13-10-15-6-7-16-13)17-8-4-12-3-2-5-14-9-12/h6-7,10-12,14H,2-5,8-9H2,1H3/t11-,12+/m0/s1. The first kappa shape index (κ1) is 12.5. The summed E-state index contributed by atoms with van der Waals surface area (Å²) in [6, 6.07) is 0. The van der Waals surface area contributed by atoms with Crippen LogP contribution < -0.4 is 5.32 Å². The molecule has 2 atom stereocenters. The van der Waals surface area contributed by atoms with E-state index in [1.54, 1.807) is 18.6 Å². The van der Waals surface area contributed by atoms with Crippen molar-refractivity contribution in [3.05, 3.63) is 24.3 Å². The molecule has 94 valence electrons. The van der Waals surface area contributed by atoms with Gasteiger partial charge in [0, 0.05) is 19.0 Å². The fourth-order valence-electron chi connectivity index (χ4n) is 2.19. The molecule has 2 heterocycles. The SMILES string of the molecule is C[C@H](OCC[C@H]1CCCNC1)c1cnccn1. The van der Waals surface area contributed by atoms with Gasteiger partial charge < -0.3 is 10.1 Å². The highest BCUT2D eigenvalue weighted by molar-refractivity contribution is 4.97. The monoisotopic (exact) mass is 235 g/mol. The van der Waals surface area contributed by atoms with Crippen molar-refractivity contribution in [3.8, 4) is 0 Å². The first-order valence-electron chi connectivity index (χ1n) is 6.44. The molecule has 0 radical (unpaired) electrons. The van der Waals surface area contributed by atoms with Crippen LogP contribution in [0.3, 0.4) is 0 Å². The van der Waals surface area contributed by atoms with Crippen molar-refractivity contribution in [2.75, 3.05) is 19.7 Å². The molecule has 1 fully saturated rings. The second kappa shape index (κ2) is 6.67. The fraction of sp³-hybridized carbons (Fsp3) is 0.692. The topological polar surface area (TPSA) is 47.0 Å². The number of piperidine rings is 1. The molecule has 0 amide bonds. The molecule has 1 aromatic rings. The third-order valence-electron chi connectivity index (χ3n) is 3.29. The van der Waals surface area contributed by atoms with Crippen LogP contribution in [0.5, 0.6) is 0 Å². The van der Waals surface area contributed by atoms with Crippen molar-refractivity contribution in [1.82, 2.24) is 15.3 Å². The minimum atomic E-state index is 0.0419. The van der Waals surface area contributed by atoms with Crippen molar-refractivity contribution < 1.29 is 4.74 Å². The van der Waals surface area contributed by atoms with Gasteiger partial charge in [-0.3, -0.25) is 9.97 Å². The summed E-state index contributed by atoms with van der Waals surface area (Å²) < 4.78 is 5.80. The van der Waals surface area contributed by atoms with Gasteiger partial charge >= 0.3 is 0 Å². The molecule has 17 heavy (non-hydrogen) atoms. The van der Waals surface area contributed by atoms with Crippen LogP contribution in [-0.2, 0) is 4.74 Å². The highest BCUT2D eigenvalue weighted by Crippen LogP contribution is 2.17. The molecule has 1 aliphatic heterocycles. The summed E-state index contributed by atoms with van der Waals surface area (Å²) >= 11 is 0. The molecule has 4 nitrogen and oxygen atoms in total. The molecule has 0 unspecified atom stereocenters. The molecule has 0 aromatic carbocycles. The highest BCUT2D eigenvalue weighted by atomic mass is 16.5. The van der Waals surface area contributed by atoms with Gasteiger partial charge in [-0.05, 0) is 45.2 Å². The van der Waals surface area contributed by atoms with Crippen molar-refractivity contribution in [2.24, 2.45) is 5.92 Å². The van der Waals surface area contributed by atoms with E-state index in [-0.39, 0.29) is 6.10 Å². The van der Waals surface area contributed by atoms with Gasteiger partial charge in [0.05, 0.1) is 18.0 Å². The summed E-state index contributed by atoms with van der Waals surface area (Å²) in [5.74, 6) is 0.776. The van der Waals surface area contributed by atoms with E-state index in [9.17, 15) is 0 Å². The summed E-state index contributed by atoms with van der Waals surface area (Å²) in [4.78, 5) is 8.30. The maximum Gasteiger partial charge on any atom is 0.0982 e. The number of nitrogens with one attached hydrogen (secondary N) is 1. The number of nitrogens with zero attached hydrogens (tertiary/aromatic N) is 2. The predicted octanol–water partition coefficient (Wildman–Crippen LogP) is 1.94. The molecule has 0 spiro atoms. The predicted molar refractivity (Wildman–Crippen MR) is 66.6 cm³/mol. The largest absolute Gasteiger partial charge is 0.372 e. The van der Waals surface area contributed by atoms with Crippen molar-refractivity contribution in [3.63, 3.8) is 0 Å². The Hall–Kier alpha value is -1.00. The van der Waals surface area contributed by atoms with Gasteiger partial charge in [-0.1, -0.05) is 0 Å². The minimum Gasteiger partial charge on any atom is -0.372 e. The molecule has 2 rings (SSSR count). The Morgan fingerprint density at radius 1 is 1.53 bits per heavy atom. The van der Waals surface area contributed by atoms with Crippen molar-refractivity contribution in [2.45, 2.75) is 32.3 Å². The number of rotatable bonds is 5. The van der Waals surface area contributed by atoms with Crippen molar-refractivity contribution >= 4 is 0 Å². The van der Waals surface area contributed by atoms with E-state index in [4.69, 9.17) is 4.74 Å². The van der Waals surface area contributed by atoms with Gasteiger partial charge in [0.1, 0.15) is 0 Å². The van der Waals surface area contributed by atoms with E-state index in [0.29, 0.717) is 0 Å². The molecule has 4 heteroatoms. The summed E-state index contributed by atoms with van der Waals surface area (Å²) in [6.07, 6.45) is 8.97. The van der Waals surface area contributed by atoms with E-state index >= 15 is 0 Å². The van der Waals surface area contributed by atoms with Gasteiger partial charge in [0.25, 0.3) is 0 Å². The number of ether oxygens (including phenoxy) is 1. The molecule has 0 saturated carbocycles. The average molecular weight is 235 g/mol. The summed E-state index contributed by atoms with van der Waals surface area (Å²) in [5.41, 5.74) is 0.911. The highest BCUT2D eigenvalue weighted by Gasteiger charge is 2.13. The Balaban J connectivity index is 1.67. The Labute approximate surface area is 103 Å². The van der Waals surface area contributed by atoms with Crippen LogP contribution in [0.25, 0.3) is 0 Å². The Bertz CT molecular complexity index is 312. The number of hydrogen-bond acceptors (Lipinski definition) is 4. The second-order valence-electron chi connectivity index (χ2n) is 4.64. The van der Waals surface area contributed by atoms with Crippen LogP contribution in [0.4, 0.5) is 0 Å². The van der Waals surface area contributed by atoms with Crippen LogP contribution in [-0.4, -0.2) is 29.7 Å². The lowest BCUT2D eigenvalue weighted by molar-refractivity contribution is 0.0510. The summed E-state index contributed by atoms with van der Waals surface area (Å²) in [7, 11) is 0. The molecular formula is C13H21N3O. The summed E-state index contributed by atoms with van der Waals surface area (Å²) in [6.45, 7) is 5.16. The molecule has 1 aliphatic rings. The van der Waals surface area contributed by atoms with E-state index in [0.717, 1.165) is 31.2 Å². The van der Waals surface area contributed by atoms with Crippen LogP contribution in [0.15, 0.2) is 18.6 Å². The van der Waals surface area contributed by atoms with Gasteiger partial charge in [0.15, 0.2) is 0 Å². The lowest BCUT2D eigenvalue weighted by Crippen LogP contribution is -2.30. The van der Waals surface area contributed by atoms with E-state index in [1.807, 2.05) is 6.92 Å². The van der Waals surface area contributed by atoms with Gasteiger partial charge in [-0.2, -0.15) is 0 Å². The number of aromatic nitrogens is 2. The molecule has 1 aromatic heterocycles. The first-order valence-corrected chi connectivity index (χ1v) is 6.44. The van der Waals surface area contributed by atoms with Gasteiger partial charge in [0.2, 0.25) is 0 Å². The van der Waals surface area contributed by atoms with Crippen LogP contribution in [0, 0.1) is 5.92 Å². The molecular weight excluding hydrogens is 214 g/mol. The average Bonchev–Trinajstić information content (AvgIpc) is 2.41. The van der Waals surface area contributed by atoms with Gasteiger partial charge in [-0.15, -0.1) is 0 Å². The first-order chi connectivity index (χ1) is 8.36. The normalized spacial score (nSPS) is 22.3. The minimum absolute atomic E-state index is 0.0419. The van der Waals surface area contributed by atoms with Crippen LogP contribution in [0.2, 0.25) is 0 Å². The molecule has 1 N–H and O–H groups in total. The van der Waals surface area contributed by atoms with Crippen LogP contribution >= 0.6 is 0 Å². The lowest BCUT2D eigenvalue weighted by atomic mass is 9.97. The Morgan fingerprint density at radius 3 is 3.18 bits per heavy atom. The molecule has 1 saturated heterocycles. The Morgan fingerprint density at radius 2 is 2.47 bits per heavy atom. The van der Waals surface area contributed by atoms with E-state index in [2.05, 4.69) is 15.3 Å². The third-order valence-corrected chi connectivity index (χ3v) is 3.29. The zero-order valence-corrected chi connectivity index (χ0v) is 10.4. The quantitative estimate of drug-likeness (QED) is 0.847. The zero-order chi connectivity index (χ0) is 11.9. The van der Waals surface area contributed by atoms with Gasteiger partial charge in [-0.25, -0.2) is 0 Å². The van der Waals surface area contributed by atoms with Crippen molar-refractivity contribution in [1.29, 1.82) is 0 Å². The lowest BCUT2D eigenvalue weighted by Gasteiger charge is -2.23. The fourth-order valence-corrected chi connectivity index (χ4v) is 2.19. The zero-order valence-electron chi connectivity index (χ0n) is 10.4. The molecule has 0 bridgehead atoms. The maximum atomic E-state index is 5.80. The maximum absolute atomic E-state index is 5.80. The van der Waals surface area contributed by atoms with E-state index < -0.39 is 0 Å². The second-order valence-corrected chi connectivity index (χ2v) is 4.64. The number of hydrogen-bond donors (Lipinski definition) is 1. The molecule has 0 aliphatic carbocycles. The summed E-state index contributed by atoms with van der Waals surface area (Å²) in [5, 5.41) is 3.43. The van der Waals surface area contributed by atoms with Crippen LogP contribution in [0.1, 0.15) is 38.0 Å². The Kier molecular flexibility index (Phi) is 4.88. The van der Waals surface area contributed by atoms with E-state index in [1.165, 1.54) is 19.4 Å².